The number of carboxylic acids is 1. The Bertz CT molecular complexity index is 1610. The lowest BCUT2D eigenvalue weighted by atomic mass is 9.74. The Morgan fingerprint density at radius 1 is 0.682 bits per heavy atom. The Morgan fingerprint density at radius 2 is 1.07 bits per heavy atom. The van der Waals surface area contributed by atoms with Crippen molar-refractivity contribution < 1.29 is 24.5 Å². The van der Waals surface area contributed by atoms with Crippen LogP contribution in [0.3, 0.4) is 0 Å². The van der Waals surface area contributed by atoms with Crippen molar-refractivity contribution in [3.8, 4) is 11.1 Å². The molecule has 0 heterocycles. The highest BCUT2D eigenvalue weighted by Gasteiger charge is 2.52. The number of carbonyl (C=O) groups excluding carboxylic acids is 1. The van der Waals surface area contributed by atoms with Crippen LogP contribution in [-0.4, -0.2) is 45.9 Å². The number of amides is 1. The van der Waals surface area contributed by atoms with Crippen molar-refractivity contribution in [3.63, 3.8) is 0 Å². The molecule has 0 bridgehead atoms. The summed E-state index contributed by atoms with van der Waals surface area (Å²) < 4.78 is 6.17. The number of fused-ring (bicyclic) bond motifs is 3. The summed E-state index contributed by atoms with van der Waals surface area (Å²) in [5, 5.41) is 21.6. The summed E-state index contributed by atoms with van der Waals surface area (Å²) in [5.74, 6) is -1.58. The molecular formula is C38H33NO5. The van der Waals surface area contributed by atoms with Crippen LogP contribution in [0.2, 0.25) is 0 Å². The van der Waals surface area contributed by atoms with Crippen LogP contribution in [0.1, 0.15) is 40.7 Å². The quantitative estimate of drug-likeness (QED) is 0.181. The minimum atomic E-state index is -1.65. The summed E-state index contributed by atoms with van der Waals surface area (Å²) in [7, 11) is 0. The molecule has 5 aromatic carbocycles. The Morgan fingerprint density at radius 3 is 1.45 bits per heavy atom. The fourth-order valence-corrected chi connectivity index (χ4v) is 6.61. The summed E-state index contributed by atoms with van der Waals surface area (Å²) in [5.41, 5.74) is 4.74. The molecule has 1 aliphatic rings. The molecule has 2 N–H and O–H groups in total. The molecule has 0 saturated carbocycles. The van der Waals surface area contributed by atoms with Crippen molar-refractivity contribution in [3.05, 3.63) is 167 Å². The third-order valence-corrected chi connectivity index (χ3v) is 8.46. The summed E-state index contributed by atoms with van der Waals surface area (Å²) in [6.07, 6.45) is -2.28. The topological polar surface area (TPSA) is 87.1 Å². The second-order valence-electron chi connectivity index (χ2n) is 11.0. The number of rotatable bonds is 9. The fourth-order valence-electron chi connectivity index (χ4n) is 6.61. The predicted octanol–water partition coefficient (Wildman–Crippen LogP) is 7.06. The molecule has 2 unspecified atom stereocenters. The average molecular weight is 584 g/mol. The van der Waals surface area contributed by atoms with Crippen LogP contribution >= 0.6 is 0 Å². The maximum Gasteiger partial charge on any atom is 0.411 e. The van der Waals surface area contributed by atoms with Gasteiger partial charge in [0.05, 0.1) is 6.10 Å². The van der Waals surface area contributed by atoms with E-state index in [1.807, 2.05) is 127 Å². The first-order valence-corrected chi connectivity index (χ1v) is 14.7. The Hall–Kier alpha value is -5.20. The number of carbonyl (C=O) groups is 2. The van der Waals surface area contributed by atoms with Crippen molar-refractivity contribution in [1.82, 2.24) is 4.90 Å². The zero-order valence-electron chi connectivity index (χ0n) is 24.3. The second-order valence-corrected chi connectivity index (χ2v) is 11.0. The molecule has 0 fully saturated rings. The van der Waals surface area contributed by atoms with Gasteiger partial charge >= 0.3 is 12.1 Å². The van der Waals surface area contributed by atoms with Crippen LogP contribution in [0, 0.1) is 0 Å². The molecule has 6 nitrogen and oxygen atoms in total. The van der Waals surface area contributed by atoms with Crippen LogP contribution in [0.25, 0.3) is 11.1 Å². The first-order valence-electron chi connectivity index (χ1n) is 14.7. The maximum atomic E-state index is 14.7. The van der Waals surface area contributed by atoms with E-state index in [-0.39, 0.29) is 12.5 Å². The van der Waals surface area contributed by atoms with E-state index < -0.39 is 29.7 Å². The SMILES string of the molecule is CC(O)C(C(=O)O)N(C(=O)OCC1c2ccccc2-c2ccccc21)C(c1ccccc1)(c1ccccc1)c1ccccc1. The van der Waals surface area contributed by atoms with E-state index in [4.69, 9.17) is 4.74 Å². The predicted molar refractivity (Wildman–Crippen MR) is 169 cm³/mol. The first kappa shape index (κ1) is 28.9. The van der Waals surface area contributed by atoms with Gasteiger partial charge in [-0.3, -0.25) is 4.90 Å². The van der Waals surface area contributed by atoms with Crippen molar-refractivity contribution in [1.29, 1.82) is 0 Å². The van der Waals surface area contributed by atoms with Gasteiger partial charge in [-0.05, 0) is 45.9 Å². The summed E-state index contributed by atoms with van der Waals surface area (Å²) >= 11 is 0. The van der Waals surface area contributed by atoms with Gasteiger partial charge in [-0.2, -0.15) is 0 Å². The van der Waals surface area contributed by atoms with Crippen molar-refractivity contribution in [2.24, 2.45) is 0 Å². The lowest BCUT2D eigenvalue weighted by molar-refractivity contribution is -0.148. The highest BCUT2D eigenvalue weighted by atomic mass is 16.6. The van der Waals surface area contributed by atoms with Crippen LogP contribution in [-0.2, 0) is 15.1 Å². The van der Waals surface area contributed by atoms with Crippen LogP contribution in [0.4, 0.5) is 4.79 Å². The normalized spacial score (nSPS) is 13.8. The minimum absolute atomic E-state index is 0.00996. The number of aliphatic carboxylic acids is 1. The van der Waals surface area contributed by atoms with E-state index >= 15 is 0 Å². The number of ether oxygens (including phenoxy) is 1. The number of aliphatic hydroxyl groups excluding tert-OH is 1. The molecule has 6 rings (SSSR count). The number of hydrogen-bond donors (Lipinski definition) is 2. The molecule has 1 aliphatic carbocycles. The number of nitrogens with zero attached hydrogens (tertiary/aromatic N) is 1. The minimum Gasteiger partial charge on any atom is -0.480 e. The number of carboxylic acid groups (broad SMARTS) is 1. The van der Waals surface area contributed by atoms with E-state index in [1.165, 1.54) is 11.8 Å². The monoisotopic (exact) mass is 583 g/mol. The van der Waals surface area contributed by atoms with E-state index in [1.54, 1.807) is 0 Å². The van der Waals surface area contributed by atoms with Crippen LogP contribution in [0.15, 0.2) is 140 Å². The molecule has 0 saturated heterocycles. The summed E-state index contributed by atoms with van der Waals surface area (Å²) in [6, 6.07) is 42.3. The molecule has 6 heteroatoms. The van der Waals surface area contributed by atoms with Crippen molar-refractivity contribution in [2.45, 2.75) is 30.5 Å². The third kappa shape index (κ3) is 4.93. The van der Waals surface area contributed by atoms with Gasteiger partial charge in [0.25, 0.3) is 0 Å². The van der Waals surface area contributed by atoms with E-state index in [9.17, 15) is 19.8 Å². The van der Waals surface area contributed by atoms with Gasteiger partial charge in [0.2, 0.25) is 0 Å². The van der Waals surface area contributed by atoms with Crippen LogP contribution < -0.4 is 0 Å². The molecule has 5 aromatic rings. The zero-order valence-corrected chi connectivity index (χ0v) is 24.3. The number of benzene rings is 5. The number of aliphatic hydroxyl groups is 1. The van der Waals surface area contributed by atoms with E-state index in [2.05, 4.69) is 12.1 Å². The Balaban J connectivity index is 1.53. The van der Waals surface area contributed by atoms with Gasteiger partial charge in [0.1, 0.15) is 12.1 Å². The Labute approximate surface area is 256 Å². The maximum absolute atomic E-state index is 14.7. The zero-order chi connectivity index (χ0) is 30.7. The fraction of sp³-hybridized carbons (Fsp3) is 0.158. The first-order chi connectivity index (χ1) is 21.4. The standard InChI is InChI=1S/C38H33NO5/c1-26(40)35(36(41)42)39(37(43)44-25-34-32-23-13-11-21-30(32)31-22-12-14-24-33(31)34)38(27-15-5-2-6-16-27,28-17-7-3-8-18-28)29-19-9-4-10-20-29/h2-24,26,34-35,40H,25H2,1H3,(H,41,42). The smallest absolute Gasteiger partial charge is 0.411 e. The molecular weight excluding hydrogens is 550 g/mol. The molecule has 220 valence electrons. The third-order valence-electron chi connectivity index (χ3n) is 8.46. The molecule has 2 atom stereocenters. The van der Waals surface area contributed by atoms with Gasteiger partial charge in [-0.15, -0.1) is 0 Å². The van der Waals surface area contributed by atoms with Gasteiger partial charge < -0.3 is 14.9 Å². The molecule has 0 aliphatic heterocycles. The Kier molecular flexibility index (Phi) is 8.01. The van der Waals surface area contributed by atoms with E-state index in [0.29, 0.717) is 16.7 Å². The van der Waals surface area contributed by atoms with Crippen LogP contribution in [0.5, 0.6) is 0 Å². The molecule has 1 amide bonds. The molecule has 44 heavy (non-hydrogen) atoms. The highest BCUT2D eigenvalue weighted by Crippen LogP contribution is 2.47. The lowest BCUT2D eigenvalue weighted by Gasteiger charge is -2.47. The van der Waals surface area contributed by atoms with Crippen molar-refractivity contribution >= 4 is 12.1 Å². The second kappa shape index (κ2) is 12.2. The van der Waals surface area contributed by atoms with Gasteiger partial charge in [0, 0.05) is 5.92 Å². The van der Waals surface area contributed by atoms with Gasteiger partial charge in [-0.25, -0.2) is 9.59 Å². The molecule has 0 spiro atoms. The van der Waals surface area contributed by atoms with Crippen molar-refractivity contribution in [2.75, 3.05) is 6.61 Å². The highest BCUT2D eigenvalue weighted by molar-refractivity contribution is 5.83. The summed E-state index contributed by atoms with van der Waals surface area (Å²) in [6.45, 7) is 1.37. The lowest BCUT2D eigenvalue weighted by Crippen LogP contribution is -2.61. The molecule has 0 radical (unpaired) electrons. The largest absolute Gasteiger partial charge is 0.480 e. The average Bonchev–Trinajstić information content (AvgIpc) is 3.38. The van der Waals surface area contributed by atoms with E-state index in [0.717, 1.165) is 22.3 Å². The summed E-state index contributed by atoms with van der Waals surface area (Å²) in [4.78, 5) is 28.9. The number of hydrogen-bond acceptors (Lipinski definition) is 4. The van der Waals surface area contributed by atoms with Gasteiger partial charge in [-0.1, -0.05) is 140 Å². The molecule has 0 aromatic heterocycles. The van der Waals surface area contributed by atoms with Gasteiger partial charge in [0.15, 0.2) is 6.04 Å².